The van der Waals surface area contributed by atoms with Crippen LogP contribution in [0.2, 0.25) is 0 Å². The van der Waals surface area contributed by atoms with Gasteiger partial charge in [0.05, 0.1) is 12.5 Å². The number of aliphatic imine (C=N–C) groups is 1. The summed E-state index contributed by atoms with van der Waals surface area (Å²) in [5.74, 6) is 0.935. The molecule has 1 aliphatic heterocycles. The van der Waals surface area contributed by atoms with Crippen molar-refractivity contribution in [2.75, 3.05) is 32.8 Å². The average Bonchev–Trinajstić information content (AvgIpc) is 2.61. The van der Waals surface area contributed by atoms with Crippen LogP contribution in [0.3, 0.4) is 0 Å². The number of guanidine groups is 1. The number of phenolic OH excluding ortho intramolecular Hbond substituents is 1. The van der Waals surface area contributed by atoms with E-state index in [1.807, 2.05) is 26.0 Å². The second-order valence-corrected chi connectivity index (χ2v) is 6.19. The van der Waals surface area contributed by atoms with Gasteiger partial charge in [-0.2, -0.15) is 0 Å². The number of nitrogens with zero attached hydrogens (tertiary/aromatic N) is 2. The topological polar surface area (TPSA) is 74.2 Å². The van der Waals surface area contributed by atoms with Gasteiger partial charge in [0, 0.05) is 26.2 Å². The Morgan fingerprint density at radius 3 is 2.92 bits per heavy atom. The molecule has 146 valence electrons. The van der Waals surface area contributed by atoms with Crippen molar-refractivity contribution in [1.82, 2.24) is 10.2 Å². The number of carbonyl (C=O) groups is 1. The number of nitrogens with one attached hydrogen (secondary N) is 1. The van der Waals surface area contributed by atoms with E-state index in [-0.39, 0.29) is 41.6 Å². The molecule has 0 saturated carbocycles. The second kappa shape index (κ2) is 12.0. The summed E-state index contributed by atoms with van der Waals surface area (Å²) in [4.78, 5) is 18.9. The largest absolute Gasteiger partial charge is 0.508 e. The third kappa shape index (κ3) is 7.01. The molecule has 1 unspecified atom stereocenters. The molecule has 2 rings (SSSR count). The van der Waals surface area contributed by atoms with Gasteiger partial charge in [0.15, 0.2) is 5.96 Å². The van der Waals surface area contributed by atoms with Gasteiger partial charge in [0.25, 0.3) is 0 Å². The second-order valence-electron chi connectivity index (χ2n) is 6.19. The van der Waals surface area contributed by atoms with Gasteiger partial charge >= 0.3 is 5.97 Å². The van der Waals surface area contributed by atoms with Crippen molar-refractivity contribution >= 4 is 35.9 Å². The Balaban J connectivity index is 0.00000338. The van der Waals surface area contributed by atoms with Crippen LogP contribution in [0.25, 0.3) is 0 Å². The number of esters is 1. The zero-order chi connectivity index (χ0) is 18.1. The number of benzene rings is 1. The lowest BCUT2D eigenvalue weighted by Gasteiger charge is -2.34. The van der Waals surface area contributed by atoms with Crippen LogP contribution >= 0.6 is 24.0 Å². The molecule has 0 bridgehead atoms. The third-order valence-electron chi connectivity index (χ3n) is 4.25. The number of rotatable bonds is 6. The summed E-state index contributed by atoms with van der Waals surface area (Å²) >= 11 is 0. The van der Waals surface area contributed by atoms with Gasteiger partial charge in [0.2, 0.25) is 0 Å². The van der Waals surface area contributed by atoms with Crippen molar-refractivity contribution in [3.05, 3.63) is 29.8 Å². The molecule has 0 aromatic heterocycles. The van der Waals surface area contributed by atoms with E-state index in [2.05, 4.69) is 10.2 Å². The Bertz CT molecular complexity index is 595. The fourth-order valence-corrected chi connectivity index (χ4v) is 3.05. The van der Waals surface area contributed by atoms with Crippen LogP contribution < -0.4 is 5.32 Å². The van der Waals surface area contributed by atoms with E-state index in [9.17, 15) is 9.90 Å². The van der Waals surface area contributed by atoms with E-state index in [1.165, 1.54) is 0 Å². The first-order valence-electron chi connectivity index (χ1n) is 9.11. The Hall–Kier alpha value is -1.51. The first-order valence-corrected chi connectivity index (χ1v) is 9.11. The minimum Gasteiger partial charge on any atom is -0.508 e. The maximum Gasteiger partial charge on any atom is 0.310 e. The number of phenols is 1. The number of likely N-dealkylation sites (tertiary alicyclic amines) is 1. The number of ether oxygens (including phenoxy) is 1. The van der Waals surface area contributed by atoms with Crippen LogP contribution in [-0.2, 0) is 16.0 Å². The molecule has 2 N–H and O–H groups in total. The highest BCUT2D eigenvalue weighted by Gasteiger charge is 2.28. The van der Waals surface area contributed by atoms with Crippen LogP contribution in [0, 0.1) is 5.92 Å². The number of piperidine rings is 1. The molecule has 1 fully saturated rings. The lowest BCUT2D eigenvalue weighted by Crippen LogP contribution is -2.48. The summed E-state index contributed by atoms with van der Waals surface area (Å²) in [6.07, 6.45) is 2.59. The summed E-state index contributed by atoms with van der Waals surface area (Å²) in [7, 11) is 0. The molecule has 0 aliphatic carbocycles. The fourth-order valence-electron chi connectivity index (χ4n) is 3.05. The van der Waals surface area contributed by atoms with Crippen molar-refractivity contribution in [3.8, 4) is 5.75 Å². The molecule has 1 saturated heterocycles. The van der Waals surface area contributed by atoms with Gasteiger partial charge in [-0.15, -0.1) is 24.0 Å². The number of carbonyl (C=O) groups excluding carboxylic acids is 1. The number of hydrogen-bond donors (Lipinski definition) is 2. The van der Waals surface area contributed by atoms with E-state index >= 15 is 0 Å². The zero-order valence-electron chi connectivity index (χ0n) is 15.6. The van der Waals surface area contributed by atoms with E-state index in [4.69, 9.17) is 9.73 Å². The number of halogens is 1. The average molecular weight is 475 g/mol. The molecule has 1 heterocycles. The summed E-state index contributed by atoms with van der Waals surface area (Å²) in [5.41, 5.74) is 1.06. The Morgan fingerprint density at radius 2 is 2.23 bits per heavy atom. The van der Waals surface area contributed by atoms with Gasteiger partial charge in [-0.3, -0.25) is 9.79 Å². The predicted molar refractivity (Wildman–Crippen MR) is 114 cm³/mol. The zero-order valence-corrected chi connectivity index (χ0v) is 17.9. The minimum absolute atomic E-state index is 0. The monoisotopic (exact) mass is 475 g/mol. The third-order valence-corrected chi connectivity index (χ3v) is 4.25. The molecule has 26 heavy (non-hydrogen) atoms. The first kappa shape index (κ1) is 22.5. The normalized spacial score (nSPS) is 17.4. The van der Waals surface area contributed by atoms with Gasteiger partial charge in [-0.25, -0.2) is 0 Å². The molecule has 1 aromatic carbocycles. The molecule has 1 aromatic rings. The van der Waals surface area contributed by atoms with Gasteiger partial charge < -0.3 is 20.1 Å². The number of aromatic hydroxyl groups is 1. The Morgan fingerprint density at radius 1 is 1.42 bits per heavy atom. The molecule has 6 nitrogen and oxygen atoms in total. The molecule has 0 spiro atoms. The summed E-state index contributed by atoms with van der Waals surface area (Å²) in [6.45, 7) is 7.26. The molecular weight excluding hydrogens is 445 g/mol. The van der Waals surface area contributed by atoms with E-state index in [0.717, 1.165) is 43.9 Å². The lowest BCUT2D eigenvalue weighted by molar-refractivity contribution is -0.149. The van der Waals surface area contributed by atoms with Crippen molar-refractivity contribution in [2.24, 2.45) is 10.9 Å². The van der Waals surface area contributed by atoms with Crippen LogP contribution in [0.5, 0.6) is 5.75 Å². The quantitative estimate of drug-likeness (QED) is 0.287. The van der Waals surface area contributed by atoms with Crippen molar-refractivity contribution in [2.45, 2.75) is 33.1 Å². The van der Waals surface area contributed by atoms with Crippen LogP contribution in [-0.4, -0.2) is 54.7 Å². The van der Waals surface area contributed by atoms with Crippen molar-refractivity contribution < 1.29 is 14.6 Å². The van der Waals surface area contributed by atoms with Gasteiger partial charge in [-0.1, -0.05) is 12.1 Å². The SMILES string of the molecule is CCNC(=NCCc1cccc(O)c1)N1CCCC(C(=O)OCC)C1.I. The highest BCUT2D eigenvalue weighted by molar-refractivity contribution is 14.0. The molecule has 0 amide bonds. The molecule has 1 aliphatic rings. The Kier molecular flexibility index (Phi) is 10.4. The van der Waals surface area contributed by atoms with Crippen LogP contribution in [0.4, 0.5) is 0 Å². The maximum atomic E-state index is 12.0. The van der Waals surface area contributed by atoms with Gasteiger partial charge in [-0.05, 0) is 50.8 Å². The highest BCUT2D eigenvalue weighted by Crippen LogP contribution is 2.18. The molecule has 1 atom stereocenters. The van der Waals surface area contributed by atoms with E-state index < -0.39 is 0 Å². The summed E-state index contributed by atoms with van der Waals surface area (Å²) < 4.78 is 5.17. The van der Waals surface area contributed by atoms with Crippen LogP contribution in [0.15, 0.2) is 29.3 Å². The highest BCUT2D eigenvalue weighted by atomic mass is 127. The molecular formula is C19H30IN3O3. The standard InChI is InChI=1S/C19H29N3O3.HI/c1-3-20-19(21-11-10-15-7-5-9-17(23)13-15)22-12-6-8-16(14-22)18(24)25-4-2;/h5,7,9,13,16,23H,3-4,6,8,10-12,14H2,1-2H3,(H,20,21);1H. The van der Waals surface area contributed by atoms with Gasteiger partial charge in [0.1, 0.15) is 5.75 Å². The van der Waals surface area contributed by atoms with E-state index in [1.54, 1.807) is 12.1 Å². The number of hydrogen-bond acceptors (Lipinski definition) is 4. The first-order chi connectivity index (χ1) is 12.1. The minimum atomic E-state index is -0.109. The Labute approximate surface area is 173 Å². The molecule has 7 heteroatoms. The molecule has 0 radical (unpaired) electrons. The maximum absolute atomic E-state index is 12.0. The van der Waals surface area contributed by atoms with Crippen LogP contribution in [0.1, 0.15) is 32.3 Å². The van der Waals surface area contributed by atoms with E-state index in [0.29, 0.717) is 19.7 Å². The lowest BCUT2D eigenvalue weighted by atomic mass is 9.98. The summed E-state index contributed by atoms with van der Waals surface area (Å²) in [5, 5.41) is 12.9. The van der Waals surface area contributed by atoms with Crippen molar-refractivity contribution in [3.63, 3.8) is 0 Å². The smallest absolute Gasteiger partial charge is 0.310 e. The summed E-state index contributed by atoms with van der Waals surface area (Å²) in [6, 6.07) is 7.26. The van der Waals surface area contributed by atoms with Crippen molar-refractivity contribution in [1.29, 1.82) is 0 Å². The predicted octanol–water partition coefficient (Wildman–Crippen LogP) is 2.79. The fraction of sp³-hybridized carbons (Fsp3) is 0.579.